The van der Waals surface area contributed by atoms with Gasteiger partial charge in [-0.25, -0.2) is 0 Å². The minimum Gasteiger partial charge on any atom is -0.612 e. The smallest absolute Gasteiger partial charge is 0.163 e. The van der Waals surface area contributed by atoms with Crippen molar-refractivity contribution in [1.82, 2.24) is 0 Å². The summed E-state index contributed by atoms with van der Waals surface area (Å²) in [6.07, 6.45) is 2.21. The number of hydrogen-bond donors (Lipinski definition) is 1. The second-order valence-corrected chi connectivity index (χ2v) is 2.96. The summed E-state index contributed by atoms with van der Waals surface area (Å²) in [6.45, 7) is 3.86. The molecule has 0 aromatic carbocycles. The van der Waals surface area contributed by atoms with Crippen molar-refractivity contribution in [2.75, 3.05) is 6.16 Å². The Morgan fingerprint density at radius 1 is 1.75 bits per heavy atom. The SMILES string of the molecule is CC(C)=CC[P+](=N)[O-]. The maximum absolute atomic E-state index is 10.1. The second kappa shape index (κ2) is 3.76. The second-order valence-electron chi connectivity index (χ2n) is 1.84. The van der Waals surface area contributed by atoms with Crippen LogP contribution in [0, 0.1) is 5.16 Å². The minimum absolute atomic E-state index is 0.400. The monoisotopic (exact) mass is 131 g/mol. The summed E-state index contributed by atoms with van der Waals surface area (Å²) in [6, 6.07) is 0. The minimum atomic E-state index is -1.71. The molecule has 0 radical (unpaired) electrons. The molecular weight excluding hydrogens is 121 g/mol. The maximum Gasteiger partial charge on any atom is 0.163 e. The molecule has 0 saturated carbocycles. The van der Waals surface area contributed by atoms with E-state index in [1.54, 1.807) is 0 Å². The Morgan fingerprint density at radius 2 is 2.25 bits per heavy atom. The molecule has 0 spiro atoms. The summed E-state index contributed by atoms with van der Waals surface area (Å²) in [5.41, 5.74) is 1.13. The van der Waals surface area contributed by atoms with Gasteiger partial charge in [0, 0.05) is 0 Å². The van der Waals surface area contributed by atoms with Gasteiger partial charge in [0.1, 0.15) is 6.16 Å². The van der Waals surface area contributed by atoms with Crippen molar-refractivity contribution >= 4 is 7.94 Å². The first kappa shape index (κ1) is 7.80. The zero-order valence-corrected chi connectivity index (χ0v) is 6.03. The highest BCUT2D eigenvalue weighted by molar-refractivity contribution is 7.37. The van der Waals surface area contributed by atoms with Crippen molar-refractivity contribution in [2.24, 2.45) is 0 Å². The van der Waals surface area contributed by atoms with Gasteiger partial charge in [0.25, 0.3) is 0 Å². The molecule has 1 N–H and O–H groups in total. The average Bonchev–Trinajstić information content (AvgIpc) is 1.61. The van der Waals surface area contributed by atoms with Crippen LogP contribution in [0.15, 0.2) is 11.6 Å². The predicted molar refractivity (Wildman–Crippen MR) is 33.9 cm³/mol. The van der Waals surface area contributed by atoms with Crippen LogP contribution in [0.3, 0.4) is 0 Å². The molecule has 0 aromatic rings. The summed E-state index contributed by atoms with van der Waals surface area (Å²) < 4.78 is 0. The van der Waals surface area contributed by atoms with Crippen LogP contribution in [0.2, 0.25) is 0 Å². The zero-order chi connectivity index (χ0) is 6.57. The van der Waals surface area contributed by atoms with Gasteiger partial charge in [0.05, 0.1) is 0 Å². The Balaban J connectivity index is 3.45. The molecule has 8 heavy (non-hydrogen) atoms. The van der Waals surface area contributed by atoms with Crippen LogP contribution >= 0.6 is 7.94 Å². The van der Waals surface area contributed by atoms with Gasteiger partial charge in [0.15, 0.2) is 7.94 Å². The Bertz CT molecular complexity index is 116. The molecule has 0 aliphatic rings. The first-order chi connectivity index (χ1) is 3.63. The molecule has 0 heterocycles. The lowest BCUT2D eigenvalue weighted by Gasteiger charge is -1.86. The topological polar surface area (TPSA) is 46.9 Å². The van der Waals surface area contributed by atoms with Crippen molar-refractivity contribution in [3.05, 3.63) is 11.6 Å². The Kier molecular flexibility index (Phi) is 3.67. The molecule has 0 saturated heterocycles. The maximum atomic E-state index is 10.1. The van der Waals surface area contributed by atoms with E-state index in [0.29, 0.717) is 6.16 Å². The van der Waals surface area contributed by atoms with E-state index in [4.69, 9.17) is 5.16 Å². The summed E-state index contributed by atoms with van der Waals surface area (Å²) >= 11 is 0. The van der Waals surface area contributed by atoms with Crippen LogP contribution in [0.5, 0.6) is 0 Å². The van der Waals surface area contributed by atoms with Gasteiger partial charge in [0.2, 0.25) is 0 Å². The van der Waals surface area contributed by atoms with Crippen LogP contribution in [0.1, 0.15) is 13.8 Å². The fraction of sp³-hybridized carbons (Fsp3) is 0.600. The lowest BCUT2D eigenvalue weighted by molar-refractivity contribution is -0.155. The number of nitrogens with one attached hydrogen (secondary N) is 1. The van der Waals surface area contributed by atoms with Gasteiger partial charge >= 0.3 is 0 Å². The van der Waals surface area contributed by atoms with Gasteiger partial charge < -0.3 is 4.89 Å². The molecule has 2 nitrogen and oxygen atoms in total. The molecule has 46 valence electrons. The molecule has 0 bridgehead atoms. The quantitative estimate of drug-likeness (QED) is 0.447. The van der Waals surface area contributed by atoms with E-state index in [0.717, 1.165) is 5.57 Å². The third kappa shape index (κ3) is 5.80. The molecule has 0 aliphatic heterocycles. The fourth-order valence-electron chi connectivity index (χ4n) is 0.265. The van der Waals surface area contributed by atoms with E-state index in [-0.39, 0.29) is 0 Å². The lowest BCUT2D eigenvalue weighted by Crippen LogP contribution is -1.86. The van der Waals surface area contributed by atoms with E-state index in [1.807, 2.05) is 19.9 Å². The summed E-state index contributed by atoms with van der Waals surface area (Å²) in [7, 11) is -1.71. The number of rotatable bonds is 2. The highest BCUT2D eigenvalue weighted by Gasteiger charge is 1.86. The molecule has 1 unspecified atom stereocenters. The van der Waals surface area contributed by atoms with Crippen molar-refractivity contribution in [3.63, 3.8) is 0 Å². The lowest BCUT2D eigenvalue weighted by atomic mass is 10.3. The molecule has 0 aromatic heterocycles. The Morgan fingerprint density at radius 3 is 2.38 bits per heavy atom. The van der Waals surface area contributed by atoms with Gasteiger partial charge in [-0.05, 0) is 19.9 Å². The molecule has 0 fully saturated rings. The van der Waals surface area contributed by atoms with Crippen molar-refractivity contribution in [2.45, 2.75) is 13.8 Å². The standard InChI is InChI=1S/C5H10NOP/c1-5(2)3-4-8(6)7/h3,6H,4H2,1-2H3. The largest absolute Gasteiger partial charge is 0.612 e. The number of hydrogen-bond acceptors (Lipinski definition) is 2. The average molecular weight is 131 g/mol. The highest BCUT2D eigenvalue weighted by Crippen LogP contribution is 2.07. The first-order valence-electron chi connectivity index (χ1n) is 2.42. The fourth-order valence-corrected chi connectivity index (χ4v) is 0.796. The van der Waals surface area contributed by atoms with E-state index in [1.165, 1.54) is 0 Å². The first-order valence-corrected chi connectivity index (χ1v) is 3.86. The molecular formula is C5H10NOP. The molecule has 1 atom stereocenters. The van der Waals surface area contributed by atoms with E-state index in [2.05, 4.69) is 0 Å². The number of allylic oxidation sites excluding steroid dienone is 2. The van der Waals surface area contributed by atoms with Gasteiger partial charge in [-0.1, -0.05) is 5.57 Å². The van der Waals surface area contributed by atoms with Gasteiger partial charge in [-0.3, -0.25) is 0 Å². The third-order valence-corrected chi connectivity index (χ3v) is 1.18. The third-order valence-electron chi connectivity index (χ3n) is 0.665. The van der Waals surface area contributed by atoms with Gasteiger partial charge in [-0.2, -0.15) is 0 Å². The highest BCUT2D eigenvalue weighted by atomic mass is 31.1. The normalized spacial score (nSPS) is 10.6. The summed E-state index contributed by atoms with van der Waals surface area (Å²) in [4.78, 5) is 10.1. The van der Waals surface area contributed by atoms with Crippen LogP contribution < -0.4 is 4.89 Å². The molecule has 3 heteroatoms. The molecule has 0 amide bonds. The van der Waals surface area contributed by atoms with E-state index in [9.17, 15) is 4.89 Å². The van der Waals surface area contributed by atoms with E-state index < -0.39 is 7.94 Å². The van der Waals surface area contributed by atoms with Crippen LogP contribution in [0.4, 0.5) is 0 Å². The van der Waals surface area contributed by atoms with Crippen LogP contribution in [0.25, 0.3) is 0 Å². The Labute approximate surface area is 50.6 Å². The van der Waals surface area contributed by atoms with Gasteiger partial charge in [-0.15, -0.1) is 5.16 Å². The van der Waals surface area contributed by atoms with E-state index >= 15 is 0 Å². The van der Waals surface area contributed by atoms with Crippen molar-refractivity contribution in [1.29, 1.82) is 5.16 Å². The van der Waals surface area contributed by atoms with Crippen molar-refractivity contribution < 1.29 is 4.89 Å². The zero-order valence-electron chi connectivity index (χ0n) is 5.14. The van der Waals surface area contributed by atoms with Crippen molar-refractivity contribution in [3.8, 4) is 0 Å². The summed E-state index contributed by atoms with van der Waals surface area (Å²) in [5.74, 6) is 0. The predicted octanol–water partition coefficient (Wildman–Crippen LogP) is 1.47. The summed E-state index contributed by atoms with van der Waals surface area (Å²) in [5, 5.41) is 6.64. The van der Waals surface area contributed by atoms with Crippen LogP contribution in [-0.2, 0) is 0 Å². The Hall–Kier alpha value is -0.200. The van der Waals surface area contributed by atoms with Crippen LogP contribution in [-0.4, -0.2) is 6.16 Å². The molecule has 0 aliphatic carbocycles. The molecule has 0 rings (SSSR count).